The Morgan fingerprint density at radius 3 is 2.52 bits per heavy atom. The van der Waals surface area contributed by atoms with Gasteiger partial charge in [0.1, 0.15) is 5.75 Å². The van der Waals surface area contributed by atoms with Crippen LogP contribution in [0, 0.1) is 0 Å². The van der Waals surface area contributed by atoms with Gasteiger partial charge < -0.3 is 15.8 Å². The Labute approximate surface area is 143 Å². The highest BCUT2D eigenvalue weighted by Gasteiger charge is 2.04. The molecule has 2 aromatic rings. The number of ether oxygens (including phenoxy) is 1. The van der Waals surface area contributed by atoms with E-state index in [1.165, 1.54) is 0 Å². The minimum atomic E-state index is -0.532. The van der Waals surface area contributed by atoms with E-state index in [-0.39, 0.29) is 12.5 Å². The quantitative estimate of drug-likeness (QED) is 0.779. The Hall–Kier alpha value is -2.34. The smallest absolute Gasteiger partial charge is 0.255 e. The van der Waals surface area contributed by atoms with Crippen molar-refractivity contribution in [3.63, 3.8) is 0 Å². The van der Waals surface area contributed by atoms with E-state index >= 15 is 0 Å². The van der Waals surface area contributed by atoms with Crippen LogP contribution in [0.15, 0.2) is 53.0 Å². The first-order chi connectivity index (χ1) is 11.0. The molecule has 0 aliphatic heterocycles. The molecular formula is C17H17BrN2O3. The number of carbonyl (C=O) groups excluding carboxylic acids is 2. The molecule has 0 saturated carbocycles. The van der Waals surface area contributed by atoms with Crippen molar-refractivity contribution in [2.45, 2.75) is 12.8 Å². The van der Waals surface area contributed by atoms with E-state index in [4.69, 9.17) is 10.5 Å². The molecule has 0 heterocycles. The van der Waals surface area contributed by atoms with Crippen LogP contribution in [0.3, 0.4) is 0 Å². The Morgan fingerprint density at radius 2 is 1.87 bits per heavy atom. The van der Waals surface area contributed by atoms with Gasteiger partial charge in [0, 0.05) is 16.6 Å². The predicted molar refractivity (Wildman–Crippen MR) is 92.2 cm³/mol. The van der Waals surface area contributed by atoms with Gasteiger partial charge in [-0.15, -0.1) is 0 Å². The molecule has 0 aromatic heterocycles. The first-order valence-electron chi connectivity index (χ1n) is 7.08. The zero-order chi connectivity index (χ0) is 16.7. The van der Waals surface area contributed by atoms with E-state index in [1.807, 2.05) is 24.3 Å². The summed E-state index contributed by atoms with van der Waals surface area (Å²) in [6.07, 6.45) is 1.07. The van der Waals surface area contributed by atoms with E-state index < -0.39 is 5.91 Å². The molecule has 120 valence electrons. The summed E-state index contributed by atoms with van der Waals surface area (Å²) >= 11 is 3.41. The van der Waals surface area contributed by atoms with Crippen LogP contribution in [0.5, 0.6) is 5.75 Å². The Balaban J connectivity index is 1.81. The third kappa shape index (κ3) is 6.12. The maximum atomic E-state index is 12.0. The normalized spacial score (nSPS) is 10.1. The molecule has 3 N–H and O–H groups in total. The van der Waals surface area contributed by atoms with Gasteiger partial charge in [-0.05, 0) is 48.4 Å². The van der Waals surface area contributed by atoms with Crippen LogP contribution < -0.4 is 15.8 Å². The lowest BCUT2D eigenvalue weighted by atomic mass is 10.1. The maximum absolute atomic E-state index is 12.0. The fraction of sp³-hybridized carbons (Fsp3) is 0.176. The van der Waals surface area contributed by atoms with Crippen LogP contribution in [0.4, 0.5) is 5.69 Å². The van der Waals surface area contributed by atoms with E-state index in [0.717, 1.165) is 10.0 Å². The number of nitrogens with one attached hydrogen (secondary N) is 1. The van der Waals surface area contributed by atoms with Crippen molar-refractivity contribution in [1.82, 2.24) is 0 Å². The van der Waals surface area contributed by atoms with E-state index in [2.05, 4.69) is 21.2 Å². The molecule has 6 heteroatoms. The third-order valence-electron chi connectivity index (χ3n) is 3.05. The summed E-state index contributed by atoms with van der Waals surface area (Å²) in [4.78, 5) is 22.6. The molecule has 0 spiro atoms. The highest BCUT2D eigenvalue weighted by atomic mass is 79.9. The lowest BCUT2D eigenvalue weighted by Gasteiger charge is -2.07. The van der Waals surface area contributed by atoms with Gasteiger partial charge in [0.15, 0.2) is 6.61 Å². The van der Waals surface area contributed by atoms with Crippen molar-refractivity contribution < 1.29 is 14.3 Å². The Bertz CT molecular complexity index is 686. The highest BCUT2D eigenvalue weighted by Crippen LogP contribution is 2.17. The Morgan fingerprint density at radius 1 is 1.13 bits per heavy atom. The van der Waals surface area contributed by atoms with Gasteiger partial charge in [0.05, 0.1) is 0 Å². The molecule has 0 fully saturated rings. The molecule has 2 rings (SSSR count). The average Bonchev–Trinajstić information content (AvgIpc) is 2.52. The van der Waals surface area contributed by atoms with Crippen molar-refractivity contribution in [1.29, 1.82) is 0 Å². The van der Waals surface area contributed by atoms with Crippen molar-refractivity contribution in [2.24, 2.45) is 5.73 Å². The molecule has 0 atom stereocenters. The van der Waals surface area contributed by atoms with Crippen molar-refractivity contribution in [3.8, 4) is 5.75 Å². The van der Waals surface area contributed by atoms with Crippen LogP contribution in [-0.2, 0) is 16.0 Å². The first kappa shape index (κ1) is 17.0. The van der Waals surface area contributed by atoms with Crippen molar-refractivity contribution >= 4 is 33.4 Å². The number of halogens is 1. The highest BCUT2D eigenvalue weighted by molar-refractivity contribution is 9.10. The van der Waals surface area contributed by atoms with E-state index in [9.17, 15) is 9.59 Å². The topological polar surface area (TPSA) is 81.4 Å². The van der Waals surface area contributed by atoms with Gasteiger partial charge in [0.25, 0.3) is 5.91 Å². The second-order valence-electron chi connectivity index (χ2n) is 4.96. The second kappa shape index (κ2) is 8.33. The number of rotatable bonds is 7. The molecule has 2 aromatic carbocycles. The standard InChI is InChI=1S/C17H17BrN2O3/c18-13-3-1-2-12(10-13)4-9-17(22)20-14-5-7-15(8-6-14)23-11-16(19)21/h1-3,5-8,10H,4,9,11H2,(H2,19,21)(H,20,22). The van der Waals surface area contributed by atoms with Gasteiger partial charge in [0.2, 0.25) is 5.91 Å². The number of hydrogen-bond acceptors (Lipinski definition) is 3. The number of amides is 2. The van der Waals surface area contributed by atoms with Crippen LogP contribution in [0.1, 0.15) is 12.0 Å². The van der Waals surface area contributed by atoms with Crippen LogP contribution >= 0.6 is 15.9 Å². The van der Waals surface area contributed by atoms with Crippen LogP contribution in [-0.4, -0.2) is 18.4 Å². The predicted octanol–water partition coefficient (Wildman–Crippen LogP) is 2.88. The molecule has 0 radical (unpaired) electrons. The molecule has 2 amide bonds. The fourth-order valence-electron chi connectivity index (χ4n) is 1.96. The summed E-state index contributed by atoms with van der Waals surface area (Å²) in [5.41, 5.74) is 6.78. The van der Waals surface area contributed by atoms with Gasteiger partial charge >= 0.3 is 0 Å². The third-order valence-corrected chi connectivity index (χ3v) is 3.54. The molecule has 0 aliphatic carbocycles. The molecule has 5 nitrogen and oxygen atoms in total. The summed E-state index contributed by atoms with van der Waals surface area (Å²) in [6.45, 7) is -0.168. The Kier molecular flexibility index (Phi) is 6.17. The number of nitrogens with two attached hydrogens (primary N) is 1. The number of aryl methyl sites for hydroxylation is 1. The molecule has 0 unspecified atom stereocenters. The summed E-state index contributed by atoms with van der Waals surface area (Å²) in [5, 5.41) is 2.82. The summed E-state index contributed by atoms with van der Waals surface area (Å²) < 4.78 is 6.15. The fourth-order valence-corrected chi connectivity index (χ4v) is 2.41. The number of primary amides is 1. The van der Waals surface area contributed by atoms with E-state index in [1.54, 1.807) is 24.3 Å². The van der Waals surface area contributed by atoms with Gasteiger partial charge in [-0.2, -0.15) is 0 Å². The number of benzene rings is 2. The number of carbonyl (C=O) groups is 2. The first-order valence-corrected chi connectivity index (χ1v) is 7.88. The maximum Gasteiger partial charge on any atom is 0.255 e. The summed E-state index contributed by atoms with van der Waals surface area (Å²) in [5.74, 6) is -0.0679. The molecule has 0 saturated heterocycles. The molecular weight excluding hydrogens is 360 g/mol. The monoisotopic (exact) mass is 376 g/mol. The average molecular weight is 377 g/mol. The minimum absolute atomic E-state index is 0.0595. The zero-order valence-electron chi connectivity index (χ0n) is 12.4. The number of anilines is 1. The van der Waals surface area contributed by atoms with Crippen molar-refractivity contribution in [2.75, 3.05) is 11.9 Å². The SMILES string of the molecule is NC(=O)COc1ccc(NC(=O)CCc2cccc(Br)c2)cc1. The molecule has 23 heavy (non-hydrogen) atoms. The molecule has 0 aliphatic rings. The van der Waals surface area contributed by atoms with E-state index in [0.29, 0.717) is 24.3 Å². The van der Waals surface area contributed by atoms with Crippen LogP contribution in [0.25, 0.3) is 0 Å². The molecule has 0 bridgehead atoms. The lowest BCUT2D eigenvalue weighted by Crippen LogP contribution is -2.20. The summed E-state index contributed by atoms with van der Waals surface area (Å²) in [7, 11) is 0. The van der Waals surface area contributed by atoms with Gasteiger partial charge in [-0.1, -0.05) is 28.1 Å². The van der Waals surface area contributed by atoms with Gasteiger partial charge in [-0.25, -0.2) is 0 Å². The number of hydrogen-bond donors (Lipinski definition) is 2. The largest absolute Gasteiger partial charge is 0.484 e. The second-order valence-corrected chi connectivity index (χ2v) is 5.87. The van der Waals surface area contributed by atoms with Gasteiger partial charge in [-0.3, -0.25) is 9.59 Å². The lowest BCUT2D eigenvalue weighted by molar-refractivity contribution is -0.120. The van der Waals surface area contributed by atoms with Crippen molar-refractivity contribution in [3.05, 3.63) is 58.6 Å². The van der Waals surface area contributed by atoms with Crippen LogP contribution in [0.2, 0.25) is 0 Å². The zero-order valence-corrected chi connectivity index (χ0v) is 14.0. The minimum Gasteiger partial charge on any atom is -0.484 e. The summed E-state index contributed by atoms with van der Waals surface area (Å²) in [6, 6.07) is 14.7.